The summed E-state index contributed by atoms with van der Waals surface area (Å²) >= 11 is 13.2. The third-order valence-corrected chi connectivity index (χ3v) is 5.58. The average molecular weight is 538 g/mol. The minimum atomic E-state index is -0.956. The smallest absolute Gasteiger partial charge is 0.335 e. The first-order chi connectivity index (χ1) is 13.8. The largest absolute Gasteiger partial charge is 0.487 e. The van der Waals surface area contributed by atoms with E-state index < -0.39 is 5.97 Å². The molecule has 0 unspecified atom stereocenters. The molecule has 0 saturated carbocycles. The Balaban J connectivity index is 1.83. The molecule has 3 rings (SSSR count). The summed E-state index contributed by atoms with van der Waals surface area (Å²) < 4.78 is 7.66. The molecule has 3 aromatic carbocycles. The van der Waals surface area contributed by atoms with Crippen molar-refractivity contribution in [2.45, 2.75) is 13.5 Å². The molecule has 0 aliphatic rings. The van der Waals surface area contributed by atoms with Gasteiger partial charge in [0.25, 0.3) is 0 Å². The number of hydrogen-bond acceptors (Lipinski definition) is 3. The number of nitrogens with zero attached hydrogens (tertiary/aromatic N) is 1. The van der Waals surface area contributed by atoms with Crippen LogP contribution in [0.5, 0.6) is 5.75 Å². The zero-order valence-electron chi connectivity index (χ0n) is 15.3. The molecule has 4 nitrogen and oxygen atoms in total. The van der Waals surface area contributed by atoms with Gasteiger partial charge in [0.1, 0.15) is 12.4 Å². The van der Waals surface area contributed by atoms with E-state index in [1.54, 1.807) is 30.5 Å². The lowest BCUT2D eigenvalue weighted by Crippen LogP contribution is -2.01. The number of aromatic carboxylic acids is 1. The Bertz CT molecular complexity index is 1080. The minimum absolute atomic E-state index is 0.239. The number of benzene rings is 3. The highest BCUT2D eigenvalue weighted by molar-refractivity contribution is 9.11. The van der Waals surface area contributed by atoms with Crippen molar-refractivity contribution in [3.8, 4) is 5.75 Å². The molecule has 0 bridgehead atoms. The Morgan fingerprint density at radius 3 is 2.52 bits per heavy atom. The lowest BCUT2D eigenvalue weighted by atomic mass is 10.1. The maximum atomic E-state index is 11.0. The molecular formula is C22H16Br2ClNO3. The molecular weight excluding hydrogens is 522 g/mol. The normalized spacial score (nSPS) is 11.0. The molecule has 7 heteroatoms. The fraction of sp³-hybridized carbons (Fsp3) is 0.0909. The summed E-state index contributed by atoms with van der Waals surface area (Å²) in [6, 6.07) is 16.0. The predicted molar refractivity (Wildman–Crippen MR) is 123 cm³/mol. The van der Waals surface area contributed by atoms with E-state index >= 15 is 0 Å². The molecule has 29 heavy (non-hydrogen) atoms. The van der Waals surface area contributed by atoms with Gasteiger partial charge in [0.2, 0.25) is 0 Å². The molecule has 1 N–H and O–H groups in total. The van der Waals surface area contributed by atoms with Crippen LogP contribution in [0.2, 0.25) is 5.02 Å². The summed E-state index contributed by atoms with van der Waals surface area (Å²) in [4.78, 5) is 15.5. The van der Waals surface area contributed by atoms with Crippen LogP contribution in [-0.4, -0.2) is 17.3 Å². The van der Waals surface area contributed by atoms with Gasteiger partial charge < -0.3 is 9.84 Å². The number of aliphatic imine (C=N–C) groups is 1. The molecule has 0 aliphatic heterocycles. The fourth-order valence-corrected chi connectivity index (χ4v) is 4.08. The Kier molecular flexibility index (Phi) is 7.11. The van der Waals surface area contributed by atoms with Gasteiger partial charge in [-0.2, -0.15) is 0 Å². The third-order valence-electron chi connectivity index (χ3n) is 4.13. The summed E-state index contributed by atoms with van der Waals surface area (Å²) in [5.41, 5.74) is 3.62. The summed E-state index contributed by atoms with van der Waals surface area (Å²) in [5.74, 6) is -0.319. The van der Waals surface area contributed by atoms with Crippen LogP contribution in [0.4, 0.5) is 5.69 Å². The van der Waals surface area contributed by atoms with Gasteiger partial charge in [-0.1, -0.05) is 45.7 Å². The standard InChI is InChI=1S/C22H16Br2ClNO3/c1-13-2-7-18(10-20(13)25)26-11-16-8-17(23)9-19(24)21(16)29-12-14-3-5-15(6-4-14)22(27)28/h2-11H,12H2,1H3,(H,27,28). The van der Waals surface area contributed by atoms with Crippen LogP contribution in [0.25, 0.3) is 0 Å². The van der Waals surface area contributed by atoms with Gasteiger partial charge in [-0.05, 0) is 70.4 Å². The van der Waals surface area contributed by atoms with Crippen LogP contribution in [0.15, 0.2) is 68.5 Å². The molecule has 0 saturated heterocycles. The van der Waals surface area contributed by atoms with Crippen LogP contribution in [-0.2, 0) is 6.61 Å². The molecule has 0 spiro atoms. The van der Waals surface area contributed by atoms with E-state index in [-0.39, 0.29) is 12.2 Å². The van der Waals surface area contributed by atoms with Crippen molar-refractivity contribution in [3.05, 3.63) is 90.8 Å². The molecule has 0 aliphatic carbocycles. The lowest BCUT2D eigenvalue weighted by molar-refractivity contribution is 0.0697. The van der Waals surface area contributed by atoms with E-state index in [4.69, 9.17) is 21.4 Å². The van der Waals surface area contributed by atoms with Crippen molar-refractivity contribution in [1.29, 1.82) is 0 Å². The number of ether oxygens (including phenoxy) is 1. The Morgan fingerprint density at radius 2 is 1.86 bits per heavy atom. The van der Waals surface area contributed by atoms with Crippen LogP contribution in [0, 0.1) is 6.92 Å². The van der Waals surface area contributed by atoms with Gasteiger partial charge in [0.15, 0.2) is 0 Å². The topological polar surface area (TPSA) is 58.9 Å². The minimum Gasteiger partial charge on any atom is -0.487 e. The molecule has 148 valence electrons. The Labute approximate surface area is 190 Å². The lowest BCUT2D eigenvalue weighted by Gasteiger charge is -2.12. The number of carboxylic acids is 1. The zero-order valence-corrected chi connectivity index (χ0v) is 19.3. The van der Waals surface area contributed by atoms with Crippen LogP contribution in [0.3, 0.4) is 0 Å². The summed E-state index contributed by atoms with van der Waals surface area (Å²) in [7, 11) is 0. The van der Waals surface area contributed by atoms with Gasteiger partial charge >= 0.3 is 5.97 Å². The summed E-state index contributed by atoms with van der Waals surface area (Å²) in [6.07, 6.45) is 1.72. The van der Waals surface area contributed by atoms with Crippen molar-refractivity contribution in [2.24, 2.45) is 4.99 Å². The van der Waals surface area contributed by atoms with Crippen LogP contribution in [0.1, 0.15) is 27.0 Å². The maximum absolute atomic E-state index is 11.0. The monoisotopic (exact) mass is 535 g/mol. The quantitative estimate of drug-likeness (QED) is 0.338. The first-order valence-corrected chi connectivity index (χ1v) is 10.5. The van der Waals surface area contributed by atoms with Crippen molar-refractivity contribution in [2.75, 3.05) is 0 Å². The second kappa shape index (κ2) is 9.57. The van der Waals surface area contributed by atoms with E-state index in [0.29, 0.717) is 10.8 Å². The first-order valence-electron chi connectivity index (χ1n) is 8.58. The number of carboxylic acid groups (broad SMARTS) is 1. The third kappa shape index (κ3) is 5.69. The van der Waals surface area contributed by atoms with Gasteiger partial charge in [0.05, 0.1) is 15.7 Å². The highest BCUT2D eigenvalue weighted by Gasteiger charge is 2.10. The number of aryl methyl sites for hydroxylation is 1. The van der Waals surface area contributed by atoms with E-state index in [9.17, 15) is 4.79 Å². The van der Waals surface area contributed by atoms with E-state index in [1.807, 2.05) is 37.3 Å². The molecule has 0 heterocycles. The molecule has 0 amide bonds. The highest BCUT2D eigenvalue weighted by atomic mass is 79.9. The molecule has 0 atom stereocenters. The second-order valence-electron chi connectivity index (χ2n) is 6.29. The van der Waals surface area contributed by atoms with Crippen molar-refractivity contribution in [3.63, 3.8) is 0 Å². The summed E-state index contributed by atoms with van der Waals surface area (Å²) in [5, 5.41) is 9.67. The second-order valence-corrected chi connectivity index (χ2v) is 8.47. The molecule has 0 fully saturated rings. The van der Waals surface area contributed by atoms with Crippen molar-refractivity contribution >= 4 is 61.3 Å². The van der Waals surface area contributed by atoms with Crippen LogP contribution < -0.4 is 4.74 Å². The van der Waals surface area contributed by atoms with Crippen LogP contribution >= 0.6 is 43.5 Å². The van der Waals surface area contributed by atoms with Gasteiger partial charge in [-0.25, -0.2) is 4.79 Å². The van der Waals surface area contributed by atoms with E-state index in [1.165, 1.54) is 0 Å². The zero-order chi connectivity index (χ0) is 21.0. The number of hydrogen-bond donors (Lipinski definition) is 1. The first kappa shape index (κ1) is 21.6. The average Bonchev–Trinajstić information content (AvgIpc) is 2.68. The van der Waals surface area contributed by atoms with E-state index in [2.05, 4.69) is 36.9 Å². The number of carbonyl (C=O) groups is 1. The van der Waals surface area contributed by atoms with Gasteiger partial charge in [-0.3, -0.25) is 4.99 Å². The Morgan fingerprint density at radius 1 is 1.14 bits per heavy atom. The maximum Gasteiger partial charge on any atom is 0.335 e. The summed E-state index contributed by atoms with van der Waals surface area (Å²) in [6.45, 7) is 2.23. The fourth-order valence-electron chi connectivity index (χ4n) is 2.53. The predicted octanol–water partition coefficient (Wildman–Crippen LogP) is 7.20. The molecule has 0 aromatic heterocycles. The van der Waals surface area contributed by atoms with Crippen molar-refractivity contribution in [1.82, 2.24) is 0 Å². The Hall–Kier alpha value is -2.15. The SMILES string of the molecule is Cc1ccc(N=Cc2cc(Br)cc(Br)c2OCc2ccc(C(=O)O)cc2)cc1Cl. The molecule has 0 radical (unpaired) electrons. The van der Waals surface area contributed by atoms with Crippen molar-refractivity contribution < 1.29 is 14.6 Å². The number of halogens is 3. The van der Waals surface area contributed by atoms with E-state index in [0.717, 1.165) is 31.3 Å². The van der Waals surface area contributed by atoms with Gasteiger partial charge in [0, 0.05) is 21.3 Å². The highest BCUT2D eigenvalue weighted by Crippen LogP contribution is 2.33. The van der Waals surface area contributed by atoms with Gasteiger partial charge in [-0.15, -0.1) is 0 Å². The molecule has 3 aromatic rings. The number of rotatable bonds is 6.